The summed E-state index contributed by atoms with van der Waals surface area (Å²) in [6, 6.07) is 20.7. The van der Waals surface area contributed by atoms with Crippen molar-refractivity contribution in [3.8, 4) is 0 Å². The first kappa shape index (κ1) is 22.4. The van der Waals surface area contributed by atoms with Crippen molar-refractivity contribution in [1.82, 2.24) is 15.2 Å². The molecule has 0 aliphatic carbocycles. The smallest absolute Gasteiger partial charge is 0.255 e. The van der Waals surface area contributed by atoms with Gasteiger partial charge in [-0.05, 0) is 58.7 Å². The van der Waals surface area contributed by atoms with E-state index in [2.05, 4.69) is 10.3 Å². The molecule has 1 aliphatic heterocycles. The first-order chi connectivity index (χ1) is 17.0. The van der Waals surface area contributed by atoms with Gasteiger partial charge in [0.2, 0.25) is 5.91 Å². The van der Waals surface area contributed by atoms with Crippen LogP contribution in [0.4, 0.5) is 8.78 Å². The molecule has 0 saturated carbocycles. The van der Waals surface area contributed by atoms with Crippen LogP contribution in [0.15, 0.2) is 97.3 Å². The summed E-state index contributed by atoms with van der Waals surface area (Å²) < 4.78 is 27.0. The second-order valence-corrected chi connectivity index (χ2v) is 8.29. The van der Waals surface area contributed by atoms with Gasteiger partial charge >= 0.3 is 0 Å². The Hall–Kier alpha value is -4.39. The minimum absolute atomic E-state index is 0.175. The zero-order chi connectivity index (χ0) is 24.4. The number of nitrogens with zero attached hydrogens (tertiary/aromatic N) is 2. The average molecular weight is 469 g/mol. The van der Waals surface area contributed by atoms with Crippen LogP contribution in [-0.2, 0) is 11.3 Å². The zero-order valence-electron chi connectivity index (χ0n) is 18.6. The lowest BCUT2D eigenvalue weighted by atomic mass is 9.96. The fraction of sp³-hybridized carbons (Fsp3) is 0.107. The highest BCUT2D eigenvalue weighted by atomic mass is 19.1. The van der Waals surface area contributed by atoms with Gasteiger partial charge in [0.05, 0.1) is 6.04 Å². The Kier molecular flexibility index (Phi) is 6.06. The third-order valence-electron chi connectivity index (χ3n) is 6.09. The first-order valence-electron chi connectivity index (χ1n) is 11.1. The molecule has 5 rings (SSSR count). The van der Waals surface area contributed by atoms with E-state index in [0.717, 1.165) is 5.56 Å². The fourth-order valence-corrected chi connectivity index (χ4v) is 4.45. The van der Waals surface area contributed by atoms with Crippen LogP contribution in [0.2, 0.25) is 0 Å². The monoisotopic (exact) mass is 469 g/mol. The van der Waals surface area contributed by atoms with Crippen molar-refractivity contribution in [2.75, 3.05) is 0 Å². The number of nitrogens with one attached hydrogen (secondary N) is 1. The van der Waals surface area contributed by atoms with Crippen molar-refractivity contribution in [2.24, 2.45) is 0 Å². The second kappa shape index (κ2) is 9.46. The maximum atomic E-state index is 13.7. The van der Waals surface area contributed by atoms with E-state index in [4.69, 9.17) is 0 Å². The molecular weight excluding hydrogens is 448 g/mol. The molecule has 1 aromatic heterocycles. The normalized spacial score (nSPS) is 15.5. The van der Waals surface area contributed by atoms with Crippen LogP contribution in [-0.4, -0.2) is 21.7 Å². The van der Waals surface area contributed by atoms with E-state index in [1.165, 1.54) is 29.2 Å². The predicted octanol–water partition coefficient (Wildman–Crippen LogP) is 4.96. The number of carbonyl (C=O) groups excluding carboxylic acids is 2. The summed E-state index contributed by atoms with van der Waals surface area (Å²) in [6.45, 7) is 0.175. The Morgan fingerprint density at radius 1 is 0.886 bits per heavy atom. The summed E-state index contributed by atoms with van der Waals surface area (Å²) in [7, 11) is 0. The molecule has 3 aromatic carbocycles. The highest BCUT2D eigenvalue weighted by molar-refractivity contribution is 6.05. The van der Waals surface area contributed by atoms with Gasteiger partial charge in [-0.3, -0.25) is 14.6 Å². The van der Waals surface area contributed by atoms with Crippen molar-refractivity contribution in [1.29, 1.82) is 0 Å². The number of amides is 2. The topological polar surface area (TPSA) is 62.3 Å². The molecular formula is C28H21F2N3O2. The number of hydrogen-bond acceptors (Lipinski definition) is 3. The molecule has 2 atom stereocenters. The van der Waals surface area contributed by atoms with Crippen molar-refractivity contribution in [3.63, 3.8) is 0 Å². The zero-order valence-corrected chi connectivity index (χ0v) is 18.6. The van der Waals surface area contributed by atoms with E-state index in [1.54, 1.807) is 67.0 Å². The number of benzene rings is 3. The Labute approximate surface area is 201 Å². The predicted molar refractivity (Wildman–Crippen MR) is 126 cm³/mol. The van der Waals surface area contributed by atoms with E-state index < -0.39 is 17.9 Å². The standard InChI is InChI=1S/C28H21F2N3O2/c29-21-11-7-18(8-12-21)16-32-27(34)26-23-5-1-2-6-24(23)28(35)33(26)25(20-4-3-15-31-17-20)19-9-13-22(30)14-10-19/h1-15,17,25-26H,16H2,(H,32,34). The lowest BCUT2D eigenvalue weighted by Gasteiger charge is -2.33. The number of rotatable bonds is 6. The Morgan fingerprint density at radius 2 is 1.57 bits per heavy atom. The van der Waals surface area contributed by atoms with Crippen molar-refractivity contribution in [2.45, 2.75) is 18.6 Å². The third-order valence-corrected chi connectivity index (χ3v) is 6.09. The minimum atomic E-state index is -0.922. The Bertz CT molecular complexity index is 1360. The van der Waals surface area contributed by atoms with Gasteiger partial charge < -0.3 is 10.2 Å². The lowest BCUT2D eigenvalue weighted by molar-refractivity contribution is -0.126. The summed E-state index contributed by atoms with van der Waals surface area (Å²) in [4.78, 5) is 33.0. The van der Waals surface area contributed by atoms with Crippen molar-refractivity contribution in [3.05, 3.63) is 137 Å². The molecule has 1 N–H and O–H groups in total. The fourth-order valence-electron chi connectivity index (χ4n) is 4.45. The van der Waals surface area contributed by atoms with E-state index >= 15 is 0 Å². The summed E-state index contributed by atoms with van der Waals surface area (Å²) in [6.07, 6.45) is 3.26. The maximum Gasteiger partial charge on any atom is 0.255 e. The highest BCUT2D eigenvalue weighted by Gasteiger charge is 2.45. The van der Waals surface area contributed by atoms with Crippen LogP contribution < -0.4 is 5.32 Å². The quantitative estimate of drug-likeness (QED) is 0.434. The number of fused-ring (bicyclic) bond motifs is 1. The van der Waals surface area contributed by atoms with Gasteiger partial charge in [-0.1, -0.05) is 48.5 Å². The Balaban J connectivity index is 1.56. The maximum absolute atomic E-state index is 13.7. The van der Waals surface area contributed by atoms with Gasteiger partial charge in [0.25, 0.3) is 5.91 Å². The van der Waals surface area contributed by atoms with Gasteiger partial charge in [-0.25, -0.2) is 8.78 Å². The lowest BCUT2D eigenvalue weighted by Crippen LogP contribution is -2.41. The molecule has 2 unspecified atom stereocenters. The Morgan fingerprint density at radius 3 is 2.26 bits per heavy atom. The average Bonchev–Trinajstić information content (AvgIpc) is 3.18. The van der Waals surface area contributed by atoms with E-state index in [0.29, 0.717) is 22.3 Å². The first-order valence-corrected chi connectivity index (χ1v) is 11.1. The number of pyridine rings is 1. The van der Waals surface area contributed by atoms with E-state index in [9.17, 15) is 18.4 Å². The highest BCUT2D eigenvalue weighted by Crippen LogP contribution is 2.42. The van der Waals surface area contributed by atoms with Crippen LogP contribution in [0.5, 0.6) is 0 Å². The van der Waals surface area contributed by atoms with Gasteiger partial charge in [0, 0.05) is 24.5 Å². The molecule has 5 nitrogen and oxygen atoms in total. The molecule has 0 radical (unpaired) electrons. The molecule has 4 aromatic rings. The number of halogens is 2. The van der Waals surface area contributed by atoms with Gasteiger partial charge in [0.1, 0.15) is 17.7 Å². The number of aromatic nitrogens is 1. The van der Waals surface area contributed by atoms with Crippen molar-refractivity contribution >= 4 is 11.8 Å². The van der Waals surface area contributed by atoms with Crippen LogP contribution >= 0.6 is 0 Å². The van der Waals surface area contributed by atoms with Crippen LogP contribution in [0, 0.1) is 11.6 Å². The molecule has 1 aliphatic rings. The van der Waals surface area contributed by atoms with E-state index in [-0.39, 0.29) is 24.2 Å². The number of carbonyl (C=O) groups is 2. The molecule has 0 fully saturated rings. The summed E-state index contributed by atoms with van der Waals surface area (Å²) in [5, 5.41) is 2.89. The third kappa shape index (κ3) is 4.40. The van der Waals surface area contributed by atoms with Gasteiger partial charge in [-0.15, -0.1) is 0 Å². The number of hydrogen-bond donors (Lipinski definition) is 1. The largest absolute Gasteiger partial charge is 0.350 e. The second-order valence-electron chi connectivity index (χ2n) is 8.29. The summed E-state index contributed by atoms with van der Waals surface area (Å²) in [5.41, 5.74) is 3.09. The molecule has 7 heteroatoms. The SMILES string of the molecule is O=C(NCc1ccc(F)cc1)C1c2ccccc2C(=O)N1C(c1ccc(F)cc1)c1cccnc1. The van der Waals surface area contributed by atoms with Crippen LogP contribution in [0.3, 0.4) is 0 Å². The molecule has 0 saturated heterocycles. The van der Waals surface area contributed by atoms with Gasteiger partial charge in [0.15, 0.2) is 0 Å². The molecule has 2 heterocycles. The molecule has 0 bridgehead atoms. The van der Waals surface area contributed by atoms with Crippen LogP contribution in [0.25, 0.3) is 0 Å². The van der Waals surface area contributed by atoms with Gasteiger partial charge in [-0.2, -0.15) is 0 Å². The van der Waals surface area contributed by atoms with E-state index in [1.807, 2.05) is 6.07 Å². The molecule has 174 valence electrons. The summed E-state index contributed by atoms with van der Waals surface area (Å²) >= 11 is 0. The summed E-state index contributed by atoms with van der Waals surface area (Å²) in [5.74, 6) is -1.44. The van der Waals surface area contributed by atoms with Crippen LogP contribution in [0.1, 0.15) is 44.7 Å². The van der Waals surface area contributed by atoms with Crippen molar-refractivity contribution < 1.29 is 18.4 Å². The molecule has 2 amide bonds. The molecule has 0 spiro atoms. The molecule has 35 heavy (non-hydrogen) atoms. The minimum Gasteiger partial charge on any atom is -0.350 e.